The number of hydrogen-bond donors (Lipinski definition) is 3. The van der Waals surface area contributed by atoms with Crippen LogP contribution in [0.3, 0.4) is 0 Å². The molecule has 0 saturated heterocycles. The van der Waals surface area contributed by atoms with Crippen molar-refractivity contribution in [3.63, 3.8) is 0 Å². The van der Waals surface area contributed by atoms with Gasteiger partial charge in [0.15, 0.2) is 0 Å². The van der Waals surface area contributed by atoms with Crippen molar-refractivity contribution >= 4 is 0 Å². The minimum atomic E-state index is -1.74. The zero-order valence-electron chi connectivity index (χ0n) is 6.24. The van der Waals surface area contributed by atoms with Gasteiger partial charge in [-0.2, -0.15) is 0 Å². The molecule has 4 heteroatoms. The maximum absolute atomic E-state index is 8.66. The highest BCUT2D eigenvalue weighted by Gasteiger charge is 2.17. The summed E-state index contributed by atoms with van der Waals surface area (Å²) < 4.78 is 4.45. The first kappa shape index (κ1) is 9.84. The Morgan fingerprint density at radius 3 is 2.20 bits per heavy atom. The molecule has 0 amide bonds. The summed E-state index contributed by atoms with van der Waals surface area (Å²) in [4.78, 5) is 0. The predicted octanol–water partition coefficient (Wildman–Crippen LogP) is -0.710. The van der Waals surface area contributed by atoms with Gasteiger partial charge in [-0.05, 0) is 0 Å². The van der Waals surface area contributed by atoms with Crippen LogP contribution in [0.25, 0.3) is 0 Å². The van der Waals surface area contributed by atoms with E-state index in [9.17, 15) is 0 Å². The van der Waals surface area contributed by atoms with Crippen LogP contribution in [0.2, 0.25) is 0 Å². The molecular weight excluding hydrogens is 136 g/mol. The SMILES string of the molecule is CC(C)(CO)COC(O)O. The molecule has 0 aliphatic carbocycles. The first-order valence-electron chi connectivity index (χ1n) is 3.06. The standard InChI is InChI=1S/C6H14O4/c1-6(2,3-7)4-10-5(8)9/h5,7-9H,3-4H2,1-2H3. The quantitative estimate of drug-likeness (QED) is 0.463. The fourth-order valence-electron chi connectivity index (χ4n) is 0.346. The minimum Gasteiger partial charge on any atom is -0.396 e. The molecular formula is C6H14O4. The van der Waals surface area contributed by atoms with E-state index in [0.717, 1.165) is 0 Å². The van der Waals surface area contributed by atoms with Crippen molar-refractivity contribution < 1.29 is 20.1 Å². The molecule has 4 nitrogen and oxygen atoms in total. The highest BCUT2D eigenvalue weighted by molar-refractivity contribution is 4.64. The molecule has 0 aromatic carbocycles. The average Bonchev–Trinajstić information content (AvgIpc) is 1.85. The van der Waals surface area contributed by atoms with Crippen LogP contribution < -0.4 is 0 Å². The van der Waals surface area contributed by atoms with Crippen LogP contribution in [0.1, 0.15) is 13.8 Å². The third kappa shape index (κ3) is 4.69. The maximum atomic E-state index is 8.66. The van der Waals surface area contributed by atoms with Crippen molar-refractivity contribution in [1.82, 2.24) is 0 Å². The Hall–Kier alpha value is -0.160. The highest BCUT2D eigenvalue weighted by Crippen LogP contribution is 2.13. The van der Waals surface area contributed by atoms with Crippen LogP contribution in [0.4, 0.5) is 0 Å². The number of aliphatic hydroxyl groups excluding tert-OH is 2. The van der Waals surface area contributed by atoms with Gasteiger partial charge in [0.05, 0.1) is 13.2 Å². The molecule has 0 saturated carbocycles. The van der Waals surface area contributed by atoms with E-state index in [1.807, 2.05) is 0 Å². The molecule has 0 spiro atoms. The summed E-state index contributed by atoms with van der Waals surface area (Å²) in [6, 6.07) is 0. The van der Waals surface area contributed by atoms with Crippen LogP contribution in [-0.2, 0) is 4.74 Å². The fourth-order valence-corrected chi connectivity index (χ4v) is 0.346. The predicted molar refractivity (Wildman–Crippen MR) is 35.0 cm³/mol. The van der Waals surface area contributed by atoms with Gasteiger partial charge in [-0.3, -0.25) is 0 Å². The van der Waals surface area contributed by atoms with E-state index in [-0.39, 0.29) is 13.2 Å². The summed E-state index contributed by atoms with van der Waals surface area (Å²) in [5, 5.41) is 25.2. The first-order valence-corrected chi connectivity index (χ1v) is 3.06. The van der Waals surface area contributed by atoms with Crippen molar-refractivity contribution in [2.24, 2.45) is 5.41 Å². The molecule has 3 N–H and O–H groups in total. The molecule has 0 aromatic rings. The monoisotopic (exact) mass is 150 g/mol. The molecule has 0 heterocycles. The molecule has 62 valence electrons. The molecule has 0 rings (SSSR count). The Morgan fingerprint density at radius 2 is 1.90 bits per heavy atom. The van der Waals surface area contributed by atoms with E-state index in [1.54, 1.807) is 13.8 Å². The maximum Gasteiger partial charge on any atom is 0.266 e. The van der Waals surface area contributed by atoms with E-state index < -0.39 is 11.9 Å². The Balaban J connectivity index is 3.46. The van der Waals surface area contributed by atoms with Crippen molar-refractivity contribution in [3.05, 3.63) is 0 Å². The van der Waals surface area contributed by atoms with Crippen LogP contribution in [0.5, 0.6) is 0 Å². The smallest absolute Gasteiger partial charge is 0.266 e. The van der Waals surface area contributed by atoms with Crippen molar-refractivity contribution in [2.75, 3.05) is 13.2 Å². The second kappa shape index (κ2) is 3.88. The Kier molecular flexibility index (Phi) is 3.81. The van der Waals surface area contributed by atoms with Gasteiger partial charge in [0, 0.05) is 5.41 Å². The van der Waals surface area contributed by atoms with E-state index in [2.05, 4.69) is 4.74 Å². The third-order valence-corrected chi connectivity index (χ3v) is 1.05. The van der Waals surface area contributed by atoms with Crippen molar-refractivity contribution in [2.45, 2.75) is 20.3 Å². The lowest BCUT2D eigenvalue weighted by molar-refractivity contribution is -0.246. The number of rotatable bonds is 4. The van der Waals surface area contributed by atoms with Crippen LogP contribution in [0, 0.1) is 5.41 Å². The molecule has 0 fully saturated rings. The zero-order valence-corrected chi connectivity index (χ0v) is 6.24. The molecule has 10 heavy (non-hydrogen) atoms. The van der Waals surface area contributed by atoms with Gasteiger partial charge >= 0.3 is 0 Å². The fraction of sp³-hybridized carbons (Fsp3) is 1.00. The van der Waals surface area contributed by atoms with Crippen LogP contribution in [-0.4, -0.2) is 35.0 Å². The molecule has 0 radical (unpaired) electrons. The van der Waals surface area contributed by atoms with Crippen LogP contribution >= 0.6 is 0 Å². The summed E-state index contributed by atoms with van der Waals surface area (Å²) in [6.07, 6.45) is 0. The van der Waals surface area contributed by atoms with Crippen molar-refractivity contribution in [3.8, 4) is 0 Å². The molecule has 0 aliphatic rings. The molecule has 0 aliphatic heterocycles. The minimum absolute atomic E-state index is 0.0419. The Bertz CT molecular complexity index is 89.7. The Morgan fingerprint density at radius 1 is 1.40 bits per heavy atom. The van der Waals surface area contributed by atoms with Gasteiger partial charge in [0.25, 0.3) is 6.48 Å². The van der Waals surface area contributed by atoms with Gasteiger partial charge in [-0.1, -0.05) is 13.8 Å². The molecule has 0 unspecified atom stereocenters. The molecule has 0 bridgehead atoms. The van der Waals surface area contributed by atoms with Gasteiger partial charge in [0.2, 0.25) is 0 Å². The Labute approximate surface area is 60.1 Å². The van der Waals surface area contributed by atoms with E-state index in [1.165, 1.54) is 0 Å². The lowest BCUT2D eigenvalue weighted by Crippen LogP contribution is -2.26. The van der Waals surface area contributed by atoms with Crippen LogP contribution in [0.15, 0.2) is 0 Å². The number of ether oxygens (including phenoxy) is 1. The average molecular weight is 150 g/mol. The van der Waals surface area contributed by atoms with Gasteiger partial charge in [0.1, 0.15) is 0 Å². The highest BCUT2D eigenvalue weighted by atomic mass is 16.7. The number of hydrogen-bond acceptors (Lipinski definition) is 4. The topological polar surface area (TPSA) is 69.9 Å². The van der Waals surface area contributed by atoms with Gasteiger partial charge in [-0.15, -0.1) is 0 Å². The largest absolute Gasteiger partial charge is 0.396 e. The lowest BCUT2D eigenvalue weighted by Gasteiger charge is -2.21. The van der Waals surface area contributed by atoms with Gasteiger partial charge in [-0.25, -0.2) is 0 Å². The second-order valence-electron chi connectivity index (χ2n) is 2.96. The number of aliphatic hydroxyl groups is 3. The zero-order chi connectivity index (χ0) is 8.20. The first-order chi connectivity index (χ1) is 4.48. The lowest BCUT2D eigenvalue weighted by atomic mass is 9.97. The van der Waals surface area contributed by atoms with E-state index in [4.69, 9.17) is 15.3 Å². The second-order valence-corrected chi connectivity index (χ2v) is 2.96. The summed E-state index contributed by atoms with van der Waals surface area (Å²) in [5.41, 5.74) is -0.413. The van der Waals surface area contributed by atoms with Crippen molar-refractivity contribution in [1.29, 1.82) is 0 Å². The third-order valence-electron chi connectivity index (χ3n) is 1.05. The summed E-state index contributed by atoms with van der Waals surface area (Å²) in [5.74, 6) is 0. The summed E-state index contributed by atoms with van der Waals surface area (Å²) in [6.45, 7) is 1.86. The summed E-state index contributed by atoms with van der Waals surface area (Å²) in [7, 11) is 0. The summed E-state index contributed by atoms with van der Waals surface area (Å²) >= 11 is 0. The normalized spacial score (nSPS) is 12.6. The molecule has 0 atom stereocenters. The van der Waals surface area contributed by atoms with Gasteiger partial charge < -0.3 is 20.1 Å². The molecule has 0 aromatic heterocycles. The van der Waals surface area contributed by atoms with E-state index in [0.29, 0.717) is 0 Å². The van der Waals surface area contributed by atoms with E-state index >= 15 is 0 Å².